The summed E-state index contributed by atoms with van der Waals surface area (Å²) in [4.78, 5) is 23.3. The highest BCUT2D eigenvalue weighted by Gasteiger charge is 2.30. The third kappa shape index (κ3) is 1.99. The summed E-state index contributed by atoms with van der Waals surface area (Å²) in [6, 6.07) is 7.18. The van der Waals surface area contributed by atoms with Crippen LogP contribution in [0.5, 0.6) is 0 Å². The molecule has 1 aliphatic rings. The molecule has 0 saturated heterocycles. The van der Waals surface area contributed by atoms with Gasteiger partial charge in [0.05, 0.1) is 6.19 Å². The van der Waals surface area contributed by atoms with Crippen LogP contribution in [0.3, 0.4) is 0 Å². The smallest absolute Gasteiger partial charge is 0.320 e. The van der Waals surface area contributed by atoms with E-state index in [0.29, 0.717) is 13.0 Å². The number of carbonyl (C=O) groups is 2. The van der Waals surface area contributed by atoms with E-state index in [-0.39, 0.29) is 7.41 Å². The molecule has 0 aromatic heterocycles. The molecule has 1 aliphatic heterocycles. The molecule has 0 amide bonds. The zero-order valence-electron chi connectivity index (χ0n) is 8.80. The summed E-state index contributed by atoms with van der Waals surface area (Å²) in [6.07, 6.45) is 1.23. The number of rotatable bonds is 3. The van der Waals surface area contributed by atoms with Gasteiger partial charge in [-0.25, -0.2) is 0 Å². The Morgan fingerprint density at radius 2 is 2.12 bits per heavy atom. The van der Waals surface area contributed by atoms with Gasteiger partial charge in [0.15, 0.2) is 0 Å². The zero-order valence-corrected chi connectivity index (χ0v) is 8.80. The Morgan fingerprint density at radius 3 is 2.75 bits per heavy atom. The van der Waals surface area contributed by atoms with Gasteiger partial charge in [0.25, 0.3) is 7.41 Å². The highest BCUT2D eigenvalue weighted by atomic mass is 16.4. The predicted octanol–water partition coefficient (Wildman–Crippen LogP) is 0.0396. The number of carboxylic acids is 1. The summed E-state index contributed by atoms with van der Waals surface area (Å²) in [7, 11) is 0.172. The van der Waals surface area contributed by atoms with Gasteiger partial charge < -0.3 is 14.7 Å². The van der Waals surface area contributed by atoms with Gasteiger partial charge in [-0.1, -0.05) is 24.3 Å². The lowest BCUT2D eigenvalue weighted by Gasteiger charge is -2.32. The van der Waals surface area contributed by atoms with E-state index >= 15 is 0 Å². The highest BCUT2D eigenvalue weighted by molar-refractivity contribution is 6.64. The molecule has 0 unspecified atom stereocenters. The Morgan fingerprint density at radius 1 is 1.44 bits per heavy atom. The molecule has 2 rings (SSSR count). The minimum atomic E-state index is -0.864. The van der Waals surface area contributed by atoms with Gasteiger partial charge in [0.1, 0.15) is 6.04 Å². The van der Waals surface area contributed by atoms with Crippen LogP contribution in [0.2, 0.25) is 0 Å². The van der Waals surface area contributed by atoms with Crippen molar-refractivity contribution >= 4 is 19.6 Å². The van der Waals surface area contributed by atoms with Crippen LogP contribution in [0.1, 0.15) is 11.1 Å². The number of benzene rings is 1. The molecule has 0 aliphatic carbocycles. The Bertz CT molecular complexity index is 421. The van der Waals surface area contributed by atoms with Gasteiger partial charge in [-0.2, -0.15) is 0 Å². The zero-order chi connectivity index (χ0) is 11.5. The van der Waals surface area contributed by atoms with Crippen LogP contribution in [0.25, 0.3) is 0 Å². The molecule has 1 atom stereocenters. The van der Waals surface area contributed by atoms with Crippen LogP contribution in [-0.2, 0) is 22.6 Å². The Labute approximate surface area is 94.1 Å². The van der Waals surface area contributed by atoms with Gasteiger partial charge in [-0.3, -0.25) is 4.79 Å². The van der Waals surface area contributed by atoms with Crippen LogP contribution in [0.15, 0.2) is 24.3 Å². The molecule has 16 heavy (non-hydrogen) atoms. The van der Waals surface area contributed by atoms with Gasteiger partial charge in [-0.15, -0.1) is 0 Å². The number of hydrogen-bond donors (Lipinski definition) is 1. The Balaban J connectivity index is 2.29. The first-order valence-electron chi connectivity index (χ1n) is 5.19. The highest BCUT2D eigenvalue weighted by Crippen LogP contribution is 2.22. The Hall–Kier alpha value is -1.62. The second-order valence-corrected chi connectivity index (χ2v) is 3.92. The predicted molar refractivity (Wildman–Crippen MR) is 61.0 cm³/mol. The summed E-state index contributed by atoms with van der Waals surface area (Å²) in [5, 5.41) is 9.10. The molecule has 4 nitrogen and oxygen atoms in total. The molecule has 82 valence electrons. The van der Waals surface area contributed by atoms with E-state index in [4.69, 9.17) is 5.11 Å². The van der Waals surface area contributed by atoms with Crippen LogP contribution in [0.4, 0.5) is 0 Å². The number of carboxylic acid groups (broad SMARTS) is 1. The van der Waals surface area contributed by atoms with Crippen molar-refractivity contribution in [2.45, 2.75) is 19.0 Å². The monoisotopic (exact) mass is 217 g/mol. The van der Waals surface area contributed by atoms with Crippen LogP contribution in [0, 0.1) is 0 Å². The molecule has 1 N–H and O–H groups in total. The first kappa shape index (κ1) is 10.9. The van der Waals surface area contributed by atoms with Crippen LogP contribution >= 0.6 is 0 Å². The van der Waals surface area contributed by atoms with E-state index in [0.717, 1.165) is 17.3 Å². The summed E-state index contributed by atoms with van der Waals surface area (Å²) in [6.45, 7) is 0.534. The lowest BCUT2D eigenvalue weighted by atomic mass is 9.84. The van der Waals surface area contributed by atoms with Gasteiger partial charge in [0, 0.05) is 6.54 Å². The average Bonchev–Trinajstić information content (AvgIpc) is 2.28. The summed E-state index contributed by atoms with van der Waals surface area (Å²) in [5.41, 5.74) is 2.18. The molecule has 0 bridgehead atoms. The molecular formula is C11H12BNO3. The maximum Gasteiger partial charge on any atom is 0.320 e. The fourth-order valence-corrected chi connectivity index (χ4v) is 2.11. The standard InChI is InChI=1S/C11H12BNO3/c14-7-12-13-6-9-4-2-1-3-8(9)5-10(13)11(15)16/h1-4,7,10,12H,5-6H2,(H,15,16)/t10-/m0/s1. The number of fused-ring (bicyclic) bond motifs is 1. The molecule has 1 aromatic carbocycles. The fraction of sp³-hybridized carbons (Fsp3) is 0.273. The molecular weight excluding hydrogens is 205 g/mol. The number of hydrogen-bond acceptors (Lipinski definition) is 3. The molecule has 5 heteroatoms. The molecule has 1 heterocycles. The van der Waals surface area contributed by atoms with Crippen molar-refractivity contribution in [3.63, 3.8) is 0 Å². The van der Waals surface area contributed by atoms with Crippen molar-refractivity contribution in [3.05, 3.63) is 35.4 Å². The second-order valence-electron chi connectivity index (χ2n) is 3.92. The van der Waals surface area contributed by atoms with Crippen molar-refractivity contribution in [1.82, 2.24) is 4.81 Å². The molecule has 0 spiro atoms. The maximum atomic E-state index is 11.1. The summed E-state index contributed by atoms with van der Waals surface area (Å²) in [5.74, 6) is -0.864. The van der Waals surface area contributed by atoms with E-state index in [1.54, 1.807) is 4.81 Å². The van der Waals surface area contributed by atoms with E-state index in [1.165, 1.54) is 0 Å². The topological polar surface area (TPSA) is 57.6 Å². The van der Waals surface area contributed by atoms with Crippen molar-refractivity contribution in [3.8, 4) is 0 Å². The van der Waals surface area contributed by atoms with E-state index in [9.17, 15) is 9.59 Å². The van der Waals surface area contributed by atoms with Gasteiger partial charge in [0.2, 0.25) is 0 Å². The van der Waals surface area contributed by atoms with E-state index in [2.05, 4.69) is 0 Å². The van der Waals surface area contributed by atoms with Crippen molar-refractivity contribution in [2.75, 3.05) is 0 Å². The van der Waals surface area contributed by atoms with Crippen molar-refractivity contribution in [2.24, 2.45) is 0 Å². The lowest BCUT2D eigenvalue weighted by molar-refractivity contribution is -0.141. The SMILES string of the molecule is O=CBN1Cc2ccccc2C[C@H]1C(=O)O. The van der Waals surface area contributed by atoms with Crippen LogP contribution in [-0.4, -0.2) is 35.5 Å². The third-order valence-corrected chi connectivity index (χ3v) is 2.94. The van der Waals surface area contributed by atoms with Crippen molar-refractivity contribution < 1.29 is 14.7 Å². The van der Waals surface area contributed by atoms with E-state index in [1.807, 2.05) is 24.3 Å². The second kappa shape index (κ2) is 4.49. The number of carbonyl (C=O) groups excluding carboxylic acids is 1. The fourth-order valence-electron chi connectivity index (χ4n) is 2.11. The molecule has 0 saturated carbocycles. The molecule has 1 aromatic rings. The third-order valence-electron chi connectivity index (χ3n) is 2.94. The minimum absolute atomic E-state index is 0.172. The van der Waals surface area contributed by atoms with Gasteiger partial charge in [-0.05, 0) is 17.5 Å². The minimum Gasteiger partial charge on any atom is -0.480 e. The first-order valence-corrected chi connectivity index (χ1v) is 5.19. The summed E-state index contributed by atoms with van der Waals surface area (Å²) < 4.78 is 0. The Kier molecular flexibility index (Phi) is 3.06. The quantitative estimate of drug-likeness (QED) is 0.573. The molecule has 0 radical (unpaired) electrons. The number of nitrogens with zero attached hydrogens (tertiary/aromatic N) is 1. The summed E-state index contributed by atoms with van der Waals surface area (Å²) >= 11 is 0. The average molecular weight is 217 g/mol. The maximum absolute atomic E-state index is 11.1. The van der Waals surface area contributed by atoms with Crippen LogP contribution < -0.4 is 0 Å². The van der Waals surface area contributed by atoms with Crippen molar-refractivity contribution in [1.29, 1.82) is 0 Å². The normalized spacial score (nSPS) is 19.9. The largest absolute Gasteiger partial charge is 0.480 e. The first-order chi connectivity index (χ1) is 7.72. The van der Waals surface area contributed by atoms with Gasteiger partial charge >= 0.3 is 5.97 Å². The number of aliphatic carboxylic acids is 1. The lowest BCUT2D eigenvalue weighted by Crippen LogP contribution is -2.47. The van der Waals surface area contributed by atoms with E-state index < -0.39 is 12.0 Å². The molecule has 0 fully saturated rings.